The third-order valence-corrected chi connectivity index (χ3v) is 3.26. The van der Waals surface area contributed by atoms with Gasteiger partial charge in [0, 0.05) is 18.0 Å². The third-order valence-electron chi connectivity index (χ3n) is 3.26. The minimum atomic E-state index is -0.195. The first-order valence-electron chi connectivity index (χ1n) is 7.03. The number of hydrogen-bond acceptors (Lipinski definition) is 4. The molecule has 112 valence electrons. The maximum Gasteiger partial charge on any atom is 0.305 e. The SMILES string of the molecule is CCOc1ccc(C)cc1C(N)CC(C)CC(=O)OC. The first kappa shape index (κ1) is 16.5. The quantitative estimate of drug-likeness (QED) is 0.779. The zero-order valence-electron chi connectivity index (χ0n) is 12.8. The van der Waals surface area contributed by atoms with Gasteiger partial charge in [0.25, 0.3) is 0 Å². The van der Waals surface area contributed by atoms with Crippen molar-refractivity contribution in [1.29, 1.82) is 0 Å². The fraction of sp³-hybridized carbons (Fsp3) is 0.562. The van der Waals surface area contributed by atoms with Gasteiger partial charge in [0.05, 0.1) is 13.7 Å². The maximum absolute atomic E-state index is 11.3. The summed E-state index contributed by atoms with van der Waals surface area (Å²) in [5, 5.41) is 0. The second-order valence-electron chi connectivity index (χ2n) is 5.20. The number of hydrogen-bond donors (Lipinski definition) is 1. The van der Waals surface area contributed by atoms with E-state index in [2.05, 4.69) is 10.8 Å². The first-order valence-corrected chi connectivity index (χ1v) is 7.03. The maximum atomic E-state index is 11.3. The normalized spacial score (nSPS) is 13.7. The van der Waals surface area contributed by atoms with E-state index in [1.165, 1.54) is 7.11 Å². The van der Waals surface area contributed by atoms with Crippen molar-refractivity contribution in [3.8, 4) is 5.75 Å². The summed E-state index contributed by atoms with van der Waals surface area (Å²) in [6, 6.07) is 5.88. The number of carbonyl (C=O) groups is 1. The van der Waals surface area contributed by atoms with Gasteiger partial charge in [-0.2, -0.15) is 0 Å². The number of esters is 1. The summed E-state index contributed by atoms with van der Waals surface area (Å²) in [6.45, 7) is 6.60. The van der Waals surface area contributed by atoms with Crippen molar-refractivity contribution in [2.45, 2.75) is 39.7 Å². The molecule has 0 spiro atoms. The number of methoxy groups -OCH3 is 1. The summed E-state index contributed by atoms with van der Waals surface area (Å²) in [4.78, 5) is 11.3. The van der Waals surface area contributed by atoms with E-state index < -0.39 is 0 Å². The first-order chi connectivity index (χ1) is 9.47. The molecule has 0 aliphatic heterocycles. The lowest BCUT2D eigenvalue weighted by molar-refractivity contribution is -0.141. The molecule has 0 saturated heterocycles. The highest BCUT2D eigenvalue weighted by atomic mass is 16.5. The molecule has 4 nitrogen and oxygen atoms in total. The van der Waals surface area contributed by atoms with Gasteiger partial charge in [0.2, 0.25) is 0 Å². The molecular weight excluding hydrogens is 254 g/mol. The molecule has 0 radical (unpaired) electrons. The van der Waals surface area contributed by atoms with Crippen LogP contribution in [0.3, 0.4) is 0 Å². The number of carbonyl (C=O) groups excluding carboxylic acids is 1. The lowest BCUT2D eigenvalue weighted by Crippen LogP contribution is -2.17. The highest BCUT2D eigenvalue weighted by Gasteiger charge is 2.18. The van der Waals surface area contributed by atoms with Crippen LogP contribution in [-0.2, 0) is 9.53 Å². The largest absolute Gasteiger partial charge is 0.494 e. The Morgan fingerprint density at radius 2 is 2.10 bits per heavy atom. The van der Waals surface area contributed by atoms with Crippen LogP contribution in [0.2, 0.25) is 0 Å². The summed E-state index contributed by atoms with van der Waals surface area (Å²) in [5.74, 6) is 0.808. The minimum Gasteiger partial charge on any atom is -0.494 e. The molecule has 0 aliphatic rings. The van der Waals surface area contributed by atoms with Crippen molar-refractivity contribution >= 4 is 5.97 Å². The predicted molar refractivity (Wildman–Crippen MR) is 79.7 cm³/mol. The highest BCUT2D eigenvalue weighted by Crippen LogP contribution is 2.29. The van der Waals surface area contributed by atoms with E-state index in [0.717, 1.165) is 23.3 Å². The van der Waals surface area contributed by atoms with E-state index in [4.69, 9.17) is 10.5 Å². The highest BCUT2D eigenvalue weighted by molar-refractivity contribution is 5.69. The van der Waals surface area contributed by atoms with Crippen LogP contribution >= 0.6 is 0 Å². The van der Waals surface area contributed by atoms with Gasteiger partial charge in [0.1, 0.15) is 5.75 Å². The Morgan fingerprint density at radius 1 is 1.40 bits per heavy atom. The fourth-order valence-corrected chi connectivity index (χ4v) is 2.26. The Labute approximate surface area is 121 Å². The molecule has 0 saturated carbocycles. The van der Waals surface area contributed by atoms with Crippen LogP contribution in [0.15, 0.2) is 18.2 Å². The van der Waals surface area contributed by atoms with Crippen molar-refractivity contribution in [3.63, 3.8) is 0 Å². The molecule has 20 heavy (non-hydrogen) atoms. The van der Waals surface area contributed by atoms with Gasteiger partial charge in [-0.25, -0.2) is 0 Å². The lowest BCUT2D eigenvalue weighted by atomic mass is 9.93. The molecule has 1 aromatic carbocycles. The standard InChI is InChI=1S/C16H25NO3/c1-5-20-15-7-6-11(2)8-13(15)14(17)9-12(3)10-16(18)19-4/h6-8,12,14H,5,9-10,17H2,1-4H3. The van der Waals surface area contributed by atoms with Crippen LogP contribution in [0.1, 0.15) is 43.9 Å². The molecule has 4 heteroatoms. The molecule has 1 rings (SSSR count). The summed E-state index contributed by atoms with van der Waals surface area (Å²) < 4.78 is 10.3. The molecule has 0 aliphatic carbocycles. The monoisotopic (exact) mass is 279 g/mol. The summed E-state index contributed by atoms with van der Waals surface area (Å²) in [5.41, 5.74) is 8.44. The number of benzene rings is 1. The van der Waals surface area contributed by atoms with E-state index >= 15 is 0 Å². The average Bonchev–Trinajstić information content (AvgIpc) is 2.40. The summed E-state index contributed by atoms with van der Waals surface area (Å²) in [6.07, 6.45) is 1.11. The smallest absolute Gasteiger partial charge is 0.305 e. The van der Waals surface area contributed by atoms with Gasteiger partial charge < -0.3 is 15.2 Å². The molecule has 2 atom stereocenters. The Bertz CT molecular complexity index is 445. The van der Waals surface area contributed by atoms with Gasteiger partial charge in [-0.1, -0.05) is 24.6 Å². The van der Waals surface area contributed by atoms with E-state index in [1.54, 1.807) is 0 Å². The molecule has 0 amide bonds. The summed E-state index contributed by atoms with van der Waals surface area (Å²) in [7, 11) is 1.41. The van der Waals surface area contributed by atoms with Crippen LogP contribution < -0.4 is 10.5 Å². The molecule has 0 aromatic heterocycles. The van der Waals surface area contributed by atoms with E-state index in [-0.39, 0.29) is 17.9 Å². The zero-order valence-corrected chi connectivity index (χ0v) is 12.8. The number of rotatable bonds is 7. The van der Waals surface area contributed by atoms with Crippen LogP contribution in [0.4, 0.5) is 0 Å². The minimum absolute atomic E-state index is 0.142. The van der Waals surface area contributed by atoms with Gasteiger partial charge in [-0.05, 0) is 32.3 Å². The second-order valence-corrected chi connectivity index (χ2v) is 5.20. The van der Waals surface area contributed by atoms with E-state index in [9.17, 15) is 4.79 Å². The lowest BCUT2D eigenvalue weighted by Gasteiger charge is -2.20. The van der Waals surface area contributed by atoms with Crippen LogP contribution in [-0.4, -0.2) is 19.7 Å². The number of ether oxygens (including phenoxy) is 2. The average molecular weight is 279 g/mol. The fourth-order valence-electron chi connectivity index (χ4n) is 2.26. The van der Waals surface area contributed by atoms with Gasteiger partial charge in [0.15, 0.2) is 0 Å². The van der Waals surface area contributed by atoms with E-state index in [1.807, 2.05) is 32.9 Å². The van der Waals surface area contributed by atoms with Crippen molar-refractivity contribution in [2.24, 2.45) is 11.7 Å². The van der Waals surface area contributed by atoms with Crippen molar-refractivity contribution in [2.75, 3.05) is 13.7 Å². The van der Waals surface area contributed by atoms with Crippen molar-refractivity contribution in [3.05, 3.63) is 29.3 Å². The van der Waals surface area contributed by atoms with Gasteiger partial charge >= 0.3 is 5.97 Å². The molecule has 1 aromatic rings. The molecule has 0 heterocycles. The third kappa shape index (κ3) is 4.85. The zero-order chi connectivity index (χ0) is 15.1. The number of aryl methyl sites for hydroxylation is 1. The van der Waals surface area contributed by atoms with Crippen molar-refractivity contribution in [1.82, 2.24) is 0 Å². The molecule has 2 N–H and O–H groups in total. The Hall–Kier alpha value is -1.55. The Balaban J connectivity index is 2.77. The molecule has 0 bridgehead atoms. The Morgan fingerprint density at radius 3 is 2.70 bits per heavy atom. The molecular formula is C16H25NO3. The summed E-state index contributed by atoms with van der Waals surface area (Å²) >= 11 is 0. The van der Waals surface area contributed by atoms with Gasteiger partial charge in [-0.15, -0.1) is 0 Å². The Kier molecular flexibility index (Phi) is 6.52. The van der Waals surface area contributed by atoms with Crippen molar-refractivity contribution < 1.29 is 14.3 Å². The van der Waals surface area contributed by atoms with E-state index in [0.29, 0.717) is 13.0 Å². The van der Waals surface area contributed by atoms with Crippen LogP contribution in [0, 0.1) is 12.8 Å². The number of nitrogens with two attached hydrogens (primary N) is 1. The van der Waals surface area contributed by atoms with Gasteiger partial charge in [-0.3, -0.25) is 4.79 Å². The van der Waals surface area contributed by atoms with Crippen LogP contribution in [0.5, 0.6) is 5.75 Å². The predicted octanol–water partition coefficient (Wildman–Crippen LogP) is 2.98. The second kappa shape index (κ2) is 7.90. The molecule has 0 fully saturated rings. The van der Waals surface area contributed by atoms with Crippen LogP contribution in [0.25, 0.3) is 0 Å². The molecule has 2 unspecified atom stereocenters. The topological polar surface area (TPSA) is 61.5 Å².